The number of hydrogen-bond acceptors (Lipinski definition) is 3. The number of imidazole rings is 1. The minimum absolute atomic E-state index is 0.0911. The molecule has 0 unspecified atom stereocenters. The fourth-order valence-electron chi connectivity index (χ4n) is 1.45. The van der Waals surface area contributed by atoms with E-state index in [9.17, 15) is 4.79 Å². The van der Waals surface area contributed by atoms with Crippen molar-refractivity contribution in [1.82, 2.24) is 9.97 Å². The maximum Gasteiger partial charge on any atom is 0.165 e. The molecule has 4 heteroatoms. The molecule has 0 saturated heterocycles. The molecule has 0 aliphatic heterocycles. The van der Waals surface area contributed by atoms with Crippen LogP contribution in [0.4, 0.5) is 0 Å². The van der Waals surface area contributed by atoms with E-state index >= 15 is 0 Å². The Kier molecular flexibility index (Phi) is 2.78. The minimum atomic E-state index is 0.0911. The number of Topliss-reactive ketones (excluding diaryl/α,β-unsaturated/α-hetero) is 1. The third-order valence-corrected chi connectivity index (χ3v) is 2.28. The van der Waals surface area contributed by atoms with Gasteiger partial charge in [-0.05, 0) is 18.2 Å². The predicted octanol–water partition coefficient (Wildman–Crippen LogP) is 1.78. The van der Waals surface area contributed by atoms with Crippen molar-refractivity contribution in [3.05, 3.63) is 30.1 Å². The molecule has 0 spiro atoms. The zero-order chi connectivity index (χ0) is 10.7. The fraction of sp³-hybridized carbons (Fsp3) is 0.273. The summed E-state index contributed by atoms with van der Waals surface area (Å²) in [5.74, 6) is 0.0911. The first-order valence-electron chi connectivity index (χ1n) is 4.76. The summed E-state index contributed by atoms with van der Waals surface area (Å²) in [6.45, 7) is 0.458. The summed E-state index contributed by atoms with van der Waals surface area (Å²) in [4.78, 5) is 18.7. The zero-order valence-corrected chi connectivity index (χ0v) is 8.49. The molecule has 4 nitrogen and oxygen atoms in total. The lowest BCUT2D eigenvalue weighted by molar-refractivity contribution is 0.0932. The lowest BCUT2D eigenvalue weighted by Crippen LogP contribution is -2.03. The Balaban J connectivity index is 2.23. The first-order chi connectivity index (χ1) is 7.31. The van der Waals surface area contributed by atoms with Crippen LogP contribution in [0.5, 0.6) is 0 Å². The first-order valence-corrected chi connectivity index (χ1v) is 4.76. The molecule has 0 aliphatic carbocycles. The molecule has 1 aromatic carbocycles. The van der Waals surface area contributed by atoms with Gasteiger partial charge in [-0.15, -0.1) is 0 Å². The van der Waals surface area contributed by atoms with Crippen LogP contribution in [0, 0.1) is 0 Å². The number of benzene rings is 1. The quantitative estimate of drug-likeness (QED) is 0.772. The summed E-state index contributed by atoms with van der Waals surface area (Å²) < 4.78 is 4.87. The van der Waals surface area contributed by atoms with Gasteiger partial charge in [0.15, 0.2) is 5.78 Å². The second-order valence-electron chi connectivity index (χ2n) is 3.30. The Labute approximate surface area is 87.3 Å². The number of ketones is 1. The van der Waals surface area contributed by atoms with Crippen molar-refractivity contribution in [2.75, 3.05) is 13.7 Å². The van der Waals surface area contributed by atoms with E-state index in [1.165, 1.54) is 0 Å². The van der Waals surface area contributed by atoms with Crippen LogP contribution in [0.25, 0.3) is 11.0 Å². The Bertz CT molecular complexity index is 476. The van der Waals surface area contributed by atoms with Gasteiger partial charge in [0.1, 0.15) is 0 Å². The van der Waals surface area contributed by atoms with Gasteiger partial charge in [-0.2, -0.15) is 0 Å². The van der Waals surface area contributed by atoms with Crippen molar-refractivity contribution >= 4 is 16.8 Å². The van der Waals surface area contributed by atoms with Crippen molar-refractivity contribution in [2.24, 2.45) is 0 Å². The van der Waals surface area contributed by atoms with Crippen LogP contribution in [0.3, 0.4) is 0 Å². The molecular weight excluding hydrogens is 192 g/mol. The fourth-order valence-corrected chi connectivity index (χ4v) is 1.45. The van der Waals surface area contributed by atoms with Crippen LogP contribution in [0.1, 0.15) is 16.8 Å². The molecule has 0 amide bonds. The second kappa shape index (κ2) is 4.23. The van der Waals surface area contributed by atoms with Crippen LogP contribution in [0.2, 0.25) is 0 Å². The summed E-state index contributed by atoms with van der Waals surface area (Å²) in [5.41, 5.74) is 2.46. The van der Waals surface area contributed by atoms with Gasteiger partial charge in [-0.1, -0.05) is 0 Å². The summed E-state index contributed by atoms with van der Waals surface area (Å²) >= 11 is 0. The molecule has 0 aliphatic rings. The van der Waals surface area contributed by atoms with Crippen LogP contribution in [-0.2, 0) is 4.74 Å². The predicted molar refractivity (Wildman–Crippen MR) is 56.9 cm³/mol. The second-order valence-corrected chi connectivity index (χ2v) is 3.30. The molecule has 1 aromatic heterocycles. The molecule has 0 radical (unpaired) electrons. The lowest BCUT2D eigenvalue weighted by atomic mass is 10.1. The molecule has 0 atom stereocenters. The van der Waals surface area contributed by atoms with Gasteiger partial charge in [0, 0.05) is 19.1 Å². The largest absolute Gasteiger partial charge is 0.384 e. The van der Waals surface area contributed by atoms with E-state index < -0.39 is 0 Å². The number of fused-ring (bicyclic) bond motifs is 1. The van der Waals surface area contributed by atoms with E-state index in [0.29, 0.717) is 18.6 Å². The number of ether oxygens (including phenoxy) is 1. The Morgan fingerprint density at radius 2 is 2.40 bits per heavy atom. The Hall–Kier alpha value is -1.68. The highest BCUT2D eigenvalue weighted by molar-refractivity contribution is 5.98. The van der Waals surface area contributed by atoms with Crippen LogP contribution in [0.15, 0.2) is 24.5 Å². The van der Waals surface area contributed by atoms with Crippen molar-refractivity contribution in [1.29, 1.82) is 0 Å². The average molecular weight is 204 g/mol. The summed E-state index contributed by atoms with van der Waals surface area (Å²) in [6.07, 6.45) is 2.03. The number of nitrogens with one attached hydrogen (secondary N) is 1. The number of carbonyl (C=O) groups is 1. The van der Waals surface area contributed by atoms with Crippen molar-refractivity contribution in [2.45, 2.75) is 6.42 Å². The van der Waals surface area contributed by atoms with E-state index in [4.69, 9.17) is 4.74 Å². The molecule has 1 N–H and O–H groups in total. The molecule has 0 fully saturated rings. The molecule has 78 valence electrons. The third kappa shape index (κ3) is 2.05. The van der Waals surface area contributed by atoms with E-state index in [1.54, 1.807) is 19.5 Å². The van der Waals surface area contributed by atoms with Crippen LogP contribution in [-0.4, -0.2) is 29.5 Å². The zero-order valence-electron chi connectivity index (χ0n) is 8.49. The van der Waals surface area contributed by atoms with Crippen molar-refractivity contribution in [3.63, 3.8) is 0 Å². The van der Waals surface area contributed by atoms with Gasteiger partial charge in [-0.3, -0.25) is 4.79 Å². The van der Waals surface area contributed by atoms with Gasteiger partial charge < -0.3 is 9.72 Å². The lowest BCUT2D eigenvalue weighted by Gasteiger charge is -2.00. The van der Waals surface area contributed by atoms with Crippen LogP contribution >= 0.6 is 0 Å². The Morgan fingerprint density at radius 3 is 3.20 bits per heavy atom. The number of rotatable bonds is 4. The molecule has 2 aromatic rings. The maximum absolute atomic E-state index is 11.7. The monoisotopic (exact) mass is 204 g/mol. The molecule has 1 heterocycles. The van der Waals surface area contributed by atoms with Crippen molar-refractivity contribution in [3.8, 4) is 0 Å². The number of H-pyrrole nitrogens is 1. The smallest absolute Gasteiger partial charge is 0.165 e. The highest BCUT2D eigenvalue weighted by atomic mass is 16.5. The molecule has 0 bridgehead atoms. The number of methoxy groups -OCH3 is 1. The SMILES string of the molecule is COCCC(=O)c1ccc2nc[nH]c2c1. The highest BCUT2D eigenvalue weighted by Crippen LogP contribution is 2.12. The highest BCUT2D eigenvalue weighted by Gasteiger charge is 2.06. The van der Waals surface area contributed by atoms with Gasteiger partial charge in [0.25, 0.3) is 0 Å². The molecule has 0 saturated carbocycles. The summed E-state index contributed by atoms with van der Waals surface area (Å²) in [5, 5.41) is 0. The van der Waals surface area contributed by atoms with E-state index in [1.807, 2.05) is 12.1 Å². The normalized spacial score (nSPS) is 10.7. The first kappa shape index (κ1) is 9.86. The topological polar surface area (TPSA) is 55.0 Å². The average Bonchev–Trinajstić information content (AvgIpc) is 2.72. The minimum Gasteiger partial charge on any atom is -0.384 e. The number of aromatic nitrogens is 2. The summed E-state index contributed by atoms with van der Waals surface area (Å²) in [7, 11) is 1.59. The van der Waals surface area contributed by atoms with Gasteiger partial charge in [-0.25, -0.2) is 4.98 Å². The van der Waals surface area contributed by atoms with E-state index in [2.05, 4.69) is 9.97 Å². The third-order valence-electron chi connectivity index (χ3n) is 2.28. The number of nitrogens with zero attached hydrogens (tertiary/aromatic N) is 1. The number of aromatic amines is 1. The van der Waals surface area contributed by atoms with Gasteiger partial charge >= 0.3 is 0 Å². The van der Waals surface area contributed by atoms with E-state index in [0.717, 1.165) is 11.0 Å². The van der Waals surface area contributed by atoms with Gasteiger partial charge in [0.05, 0.1) is 24.0 Å². The van der Waals surface area contributed by atoms with E-state index in [-0.39, 0.29) is 5.78 Å². The Morgan fingerprint density at radius 1 is 1.53 bits per heavy atom. The molecule has 2 rings (SSSR count). The number of hydrogen-bond donors (Lipinski definition) is 1. The van der Waals surface area contributed by atoms with Gasteiger partial charge in [0.2, 0.25) is 0 Å². The summed E-state index contributed by atoms with van der Waals surface area (Å²) in [6, 6.07) is 5.45. The number of carbonyl (C=O) groups excluding carboxylic acids is 1. The molecular formula is C11H12N2O2. The van der Waals surface area contributed by atoms with Crippen molar-refractivity contribution < 1.29 is 9.53 Å². The maximum atomic E-state index is 11.7. The molecule has 15 heavy (non-hydrogen) atoms. The standard InChI is InChI=1S/C11H12N2O2/c1-15-5-4-11(14)8-2-3-9-10(6-8)13-7-12-9/h2-3,6-7H,4-5H2,1H3,(H,12,13). The van der Waals surface area contributed by atoms with Crippen LogP contribution < -0.4 is 0 Å².